The van der Waals surface area contributed by atoms with Gasteiger partial charge >= 0.3 is 5.97 Å². The second-order valence-electron chi connectivity index (χ2n) is 9.69. The summed E-state index contributed by atoms with van der Waals surface area (Å²) in [5.41, 5.74) is -1.16. The Kier molecular flexibility index (Phi) is 7.49. The fourth-order valence-corrected chi connectivity index (χ4v) is 5.28. The molecular weight excluding hydrogens is 482 g/mol. The predicted octanol–water partition coefficient (Wildman–Crippen LogP) is 0.230. The summed E-state index contributed by atoms with van der Waals surface area (Å²) in [5, 5.41) is 56.5. The summed E-state index contributed by atoms with van der Waals surface area (Å²) in [6.45, 7) is 1.88. The van der Waals surface area contributed by atoms with E-state index in [1.165, 1.54) is 12.7 Å². The van der Waals surface area contributed by atoms with Gasteiger partial charge in [-0.25, -0.2) is 9.78 Å². The molecule has 1 saturated carbocycles. The molecule has 12 heteroatoms. The van der Waals surface area contributed by atoms with Crippen molar-refractivity contribution >= 4 is 17.6 Å². The molecule has 192 valence electrons. The van der Waals surface area contributed by atoms with E-state index >= 15 is 0 Å². The first kappa shape index (κ1) is 26.0. The van der Waals surface area contributed by atoms with E-state index in [9.17, 15) is 30.3 Å². The Balaban J connectivity index is 1.55. The van der Waals surface area contributed by atoms with Gasteiger partial charge in [-0.05, 0) is 42.9 Å². The number of aliphatic hydroxyl groups excluding tert-OH is 3. The molecule has 2 aromatic rings. The molecule has 5 N–H and O–H groups in total. The molecule has 1 aromatic heterocycles. The van der Waals surface area contributed by atoms with Crippen LogP contribution in [0.4, 0.5) is 0 Å². The summed E-state index contributed by atoms with van der Waals surface area (Å²) >= 11 is 6.01. The summed E-state index contributed by atoms with van der Waals surface area (Å²) in [7, 11) is 0. The van der Waals surface area contributed by atoms with Gasteiger partial charge in [-0.1, -0.05) is 30.7 Å². The van der Waals surface area contributed by atoms with Crippen LogP contribution in [0.25, 0.3) is 0 Å². The van der Waals surface area contributed by atoms with Crippen LogP contribution in [0.5, 0.6) is 0 Å². The number of nitrogens with zero attached hydrogens (tertiary/aromatic N) is 3. The minimum absolute atomic E-state index is 0.105. The lowest BCUT2D eigenvalue weighted by Gasteiger charge is -2.44. The number of hydrogen-bond donors (Lipinski definition) is 5. The van der Waals surface area contributed by atoms with Crippen LogP contribution < -0.4 is 0 Å². The molecule has 2 aliphatic rings. The van der Waals surface area contributed by atoms with Gasteiger partial charge in [0.25, 0.3) is 0 Å². The van der Waals surface area contributed by atoms with Crippen LogP contribution in [-0.4, -0.2) is 89.2 Å². The maximum absolute atomic E-state index is 12.1. The Labute approximate surface area is 206 Å². The fourth-order valence-electron chi connectivity index (χ4n) is 5.15. The van der Waals surface area contributed by atoms with Crippen molar-refractivity contribution in [2.24, 2.45) is 11.3 Å². The van der Waals surface area contributed by atoms with Gasteiger partial charge < -0.3 is 35.0 Å². The largest absolute Gasteiger partial charge is 0.479 e. The van der Waals surface area contributed by atoms with E-state index < -0.39 is 47.7 Å². The maximum Gasteiger partial charge on any atom is 0.335 e. The molecule has 4 rings (SSSR count). The molecule has 11 nitrogen and oxygen atoms in total. The van der Waals surface area contributed by atoms with Crippen molar-refractivity contribution in [3.63, 3.8) is 0 Å². The zero-order valence-corrected chi connectivity index (χ0v) is 19.9. The van der Waals surface area contributed by atoms with Crippen molar-refractivity contribution in [2.75, 3.05) is 6.61 Å². The molecule has 35 heavy (non-hydrogen) atoms. The molecule has 8 atom stereocenters. The Morgan fingerprint density at radius 2 is 1.94 bits per heavy atom. The van der Waals surface area contributed by atoms with Crippen LogP contribution in [0.15, 0.2) is 36.9 Å². The fraction of sp³-hybridized carbons (Fsp3) is 0.609. The second-order valence-corrected chi connectivity index (χ2v) is 10.1. The van der Waals surface area contributed by atoms with E-state index in [1.54, 1.807) is 16.8 Å². The highest BCUT2D eigenvalue weighted by atomic mass is 35.5. The van der Waals surface area contributed by atoms with Crippen LogP contribution in [0, 0.1) is 11.3 Å². The van der Waals surface area contributed by atoms with Crippen LogP contribution in [0.3, 0.4) is 0 Å². The number of ether oxygens (including phenoxy) is 2. The van der Waals surface area contributed by atoms with Crippen LogP contribution in [0.1, 0.15) is 25.3 Å². The summed E-state index contributed by atoms with van der Waals surface area (Å²) in [5.74, 6) is -1.67. The lowest BCUT2D eigenvalue weighted by atomic mass is 9.71. The maximum atomic E-state index is 12.1. The number of halogens is 1. The van der Waals surface area contributed by atoms with Crippen LogP contribution >= 0.6 is 11.6 Å². The summed E-state index contributed by atoms with van der Waals surface area (Å²) < 4.78 is 12.6. The molecular formula is C23H30ClN3O8. The van der Waals surface area contributed by atoms with Gasteiger partial charge in [0.05, 0.1) is 18.8 Å². The third-order valence-electron chi connectivity index (χ3n) is 7.41. The van der Waals surface area contributed by atoms with E-state index in [-0.39, 0.29) is 19.1 Å². The standard InChI is InChI=1S/C23H30ClN3O8/c1-22(10-34-21-18(30)16(28)17(29)19(35-21)20(31)32)7-6-14(8-13-2-4-15(24)5-3-13)23(22,33)9-27-12-25-11-26-27/h2-5,11-12,14,16-19,21,28-30,33H,6-10H2,1H3,(H,31,32)/t14-,16-,17-,18+,19-,21-,22-,23+/m0/s1. The highest BCUT2D eigenvalue weighted by Crippen LogP contribution is 2.52. The lowest BCUT2D eigenvalue weighted by molar-refractivity contribution is -0.303. The quantitative estimate of drug-likeness (QED) is 0.331. The minimum Gasteiger partial charge on any atom is -0.479 e. The third-order valence-corrected chi connectivity index (χ3v) is 7.66. The smallest absolute Gasteiger partial charge is 0.335 e. The number of rotatable bonds is 8. The normalized spacial score (nSPS) is 37.4. The van der Waals surface area contributed by atoms with E-state index in [1.807, 2.05) is 19.1 Å². The number of aliphatic carboxylic acids is 1. The van der Waals surface area contributed by atoms with Crippen molar-refractivity contribution in [1.29, 1.82) is 0 Å². The van der Waals surface area contributed by atoms with Crippen molar-refractivity contribution in [2.45, 2.75) is 69.0 Å². The van der Waals surface area contributed by atoms with Crippen LogP contribution in [0.2, 0.25) is 5.02 Å². The first-order valence-corrected chi connectivity index (χ1v) is 11.8. The minimum atomic E-state index is -1.81. The molecule has 0 radical (unpaired) electrons. The highest BCUT2D eigenvalue weighted by molar-refractivity contribution is 6.30. The number of hydrogen-bond acceptors (Lipinski definition) is 9. The van der Waals surface area contributed by atoms with Gasteiger partial charge in [0.2, 0.25) is 0 Å². The Bertz CT molecular complexity index is 1010. The topological polar surface area (TPSA) is 167 Å². The number of aromatic nitrogens is 3. The number of carboxylic acids is 1. The van der Waals surface area contributed by atoms with Gasteiger partial charge in [-0.2, -0.15) is 5.10 Å². The highest BCUT2D eigenvalue weighted by Gasteiger charge is 2.58. The molecule has 2 fully saturated rings. The Hall–Kier alpha value is -2.12. The molecule has 2 heterocycles. The van der Waals surface area contributed by atoms with Gasteiger partial charge in [0, 0.05) is 10.4 Å². The second kappa shape index (κ2) is 10.1. The monoisotopic (exact) mass is 511 g/mol. The lowest BCUT2D eigenvalue weighted by Crippen LogP contribution is -2.61. The van der Waals surface area contributed by atoms with Gasteiger partial charge in [0.15, 0.2) is 12.4 Å². The summed E-state index contributed by atoms with van der Waals surface area (Å²) in [6.07, 6.45) is -3.81. The first-order valence-electron chi connectivity index (χ1n) is 11.4. The van der Waals surface area contributed by atoms with Crippen molar-refractivity contribution < 1.29 is 39.8 Å². The SMILES string of the molecule is C[C@@]1(CO[C@H]2O[C@H](C(=O)O)[C@@H](O)[C@H](O)[C@H]2O)CC[C@@H](Cc2ccc(Cl)cc2)[C@]1(O)Cn1cncn1. The first-order chi connectivity index (χ1) is 16.5. The van der Waals surface area contributed by atoms with Crippen molar-refractivity contribution in [3.8, 4) is 0 Å². The van der Waals surface area contributed by atoms with Crippen molar-refractivity contribution in [1.82, 2.24) is 14.8 Å². The number of aliphatic hydroxyl groups is 4. The Morgan fingerprint density at radius 3 is 2.57 bits per heavy atom. The van der Waals surface area contributed by atoms with Crippen LogP contribution in [-0.2, 0) is 27.2 Å². The molecule has 1 aliphatic heterocycles. The number of carbonyl (C=O) groups is 1. The predicted molar refractivity (Wildman–Crippen MR) is 121 cm³/mol. The average molecular weight is 512 g/mol. The van der Waals surface area contributed by atoms with E-state index in [2.05, 4.69) is 10.1 Å². The third kappa shape index (κ3) is 5.08. The van der Waals surface area contributed by atoms with Gasteiger partial charge in [0.1, 0.15) is 31.0 Å². The molecule has 0 spiro atoms. The number of benzene rings is 1. The molecule has 0 unspecified atom stereocenters. The molecule has 1 aliphatic carbocycles. The zero-order valence-electron chi connectivity index (χ0n) is 19.1. The van der Waals surface area contributed by atoms with Gasteiger partial charge in [-0.3, -0.25) is 4.68 Å². The molecule has 0 amide bonds. The van der Waals surface area contributed by atoms with E-state index in [0.29, 0.717) is 24.3 Å². The van der Waals surface area contributed by atoms with E-state index in [4.69, 9.17) is 21.1 Å². The Morgan fingerprint density at radius 1 is 1.23 bits per heavy atom. The number of carboxylic acid groups (broad SMARTS) is 1. The van der Waals surface area contributed by atoms with Crippen molar-refractivity contribution in [3.05, 3.63) is 47.5 Å². The summed E-state index contributed by atoms with van der Waals surface area (Å²) in [4.78, 5) is 15.4. The van der Waals surface area contributed by atoms with Gasteiger partial charge in [-0.15, -0.1) is 0 Å². The zero-order chi connectivity index (χ0) is 25.4. The molecule has 0 bridgehead atoms. The van der Waals surface area contributed by atoms with E-state index in [0.717, 1.165) is 5.56 Å². The molecule has 1 saturated heterocycles. The average Bonchev–Trinajstić information content (AvgIpc) is 3.41. The summed E-state index contributed by atoms with van der Waals surface area (Å²) in [6, 6.07) is 7.42. The molecule has 1 aromatic carbocycles.